The Balaban J connectivity index is 2.50. The number of hydrogen-bond acceptors (Lipinski definition) is 4. The number of nitrogen functional groups attached to an aromatic ring is 1. The summed E-state index contributed by atoms with van der Waals surface area (Å²) in [7, 11) is 1.52. The molecule has 82 valence electrons. The summed E-state index contributed by atoms with van der Waals surface area (Å²) in [5, 5.41) is 0.590. The third-order valence-electron chi connectivity index (χ3n) is 2.12. The Morgan fingerprint density at radius 3 is 2.69 bits per heavy atom. The molecule has 0 aliphatic heterocycles. The fourth-order valence-electron chi connectivity index (χ4n) is 1.31. The van der Waals surface area contributed by atoms with Crippen LogP contribution in [0.2, 0.25) is 5.02 Å². The zero-order chi connectivity index (χ0) is 11.5. The summed E-state index contributed by atoms with van der Waals surface area (Å²) in [5.41, 5.74) is 6.45. The van der Waals surface area contributed by atoms with Gasteiger partial charge in [0.05, 0.1) is 18.3 Å². The minimum Gasteiger partial charge on any atom is -0.491 e. The van der Waals surface area contributed by atoms with Crippen LogP contribution in [0.15, 0.2) is 30.5 Å². The number of nitrogens with zero attached hydrogens (tertiary/aromatic N) is 2. The van der Waals surface area contributed by atoms with E-state index in [-0.39, 0.29) is 0 Å². The number of ether oxygens (including phenoxy) is 1. The van der Waals surface area contributed by atoms with Crippen LogP contribution >= 0.6 is 11.6 Å². The molecule has 1 heterocycles. The van der Waals surface area contributed by atoms with Crippen molar-refractivity contribution in [1.82, 2.24) is 9.97 Å². The molecule has 0 saturated heterocycles. The van der Waals surface area contributed by atoms with Crippen LogP contribution in [0.1, 0.15) is 0 Å². The maximum Gasteiger partial charge on any atom is 0.179 e. The largest absolute Gasteiger partial charge is 0.491 e. The fraction of sp³-hybridized carbons (Fsp3) is 0.0909. The molecule has 2 aromatic rings. The van der Waals surface area contributed by atoms with Gasteiger partial charge in [0.1, 0.15) is 0 Å². The van der Waals surface area contributed by atoms with Crippen LogP contribution < -0.4 is 10.5 Å². The van der Waals surface area contributed by atoms with Crippen LogP contribution in [-0.4, -0.2) is 17.1 Å². The summed E-state index contributed by atoms with van der Waals surface area (Å²) in [5.74, 6) is 1.24. The van der Waals surface area contributed by atoms with Crippen molar-refractivity contribution in [1.29, 1.82) is 0 Å². The highest BCUT2D eigenvalue weighted by molar-refractivity contribution is 6.33. The summed E-state index contributed by atoms with van der Waals surface area (Å²) in [6.07, 6.45) is 1.53. The minimum absolute atomic E-state index is 0.299. The van der Waals surface area contributed by atoms with Gasteiger partial charge in [0.2, 0.25) is 0 Å². The second-order valence-electron chi connectivity index (χ2n) is 3.13. The van der Waals surface area contributed by atoms with E-state index in [1.54, 1.807) is 6.07 Å². The number of hydrogen-bond donors (Lipinski definition) is 1. The molecule has 0 fully saturated rings. The average molecular weight is 236 g/mol. The molecule has 4 nitrogen and oxygen atoms in total. The summed E-state index contributed by atoms with van der Waals surface area (Å²) in [4.78, 5) is 8.27. The first-order chi connectivity index (χ1) is 7.72. The fourth-order valence-corrected chi connectivity index (χ4v) is 1.53. The Bertz CT molecular complexity index is 516. The van der Waals surface area contributed by atoms with E-state index in [0.29, 0.717) is 22.4 Å². The highest BCUT2D eigenvalue weighted by Gasteiger charge is 2.08. The van der Waals surface area contributed by atoms with E-state index in [0.717, 1.165) is 5.56 Å². The Hall–Kier alpha value is -1.81. The van der Waals surface area contributed by atoms with Crippen LogP contribution in [0, 0.1) is 0 Å². The highest BCUT2D eigenvalue weighted by atomic mass is 35.5. The first-order valence-corrected chi connectivity index (χ1v) is 5.01. The van der Waals surface area contributed by atoms with Crippen molar-refractivity contribution in [2.45, 2.75) is 0 Å². The number of anilines is 1. The smallest absolute Gasteiger partial charge is 0.179 e. The quantitative estimate of drug-likeness (QED) is 0.868. The zero-order valence-corrected chi connectivity index (χ0v) is 9.40. The van der Waals surface area contributed by atoms with Gasteiger partial charge in [-0.05, 0) is 12.1 Å². The van der Waals surface area contributed by atoms with Crippen molar-refractivity contribution >= 4 is 17.4 Å². The summed E-state index contributed by atoms with van der Waals surface area (Å²) in [6.45, 7) is 0. The lowest BCUT2D eigenvalue weighted by Gasteiger charge is -2.06. The molecule has 5 heteroatoms. The number of rotatable bonds is 2. The van der Waals surface area contributed by atoms with Gasteiger partial charge >= 0.3 is 0 Å². The van der Waals surface area contributed by atoms with Gasteiger partial charge in [0.25, 0.3) is 0 Å². The lowest BCUT2D eigenvalue weighted by molar-refractivity contribution is 0.413. The molecule has 0 saturated carbocycles. The molecular formula is C11H10ClN3O. The van der Waals surface area contributed by atoms with Crippen molar-refractivity contribution in [3.05, 3.63) is 35.5 Å². The number of aromatic nitrogens is 2. The van der Waals surface area contributed by atoms with Crippen molar-refractivity contribution in [3.63, 3.8) is 0 Å². The van der Waals surface area contributed by atoms with E-state index in [4.69, 9.17) is 22.1 Å². The molecule has 2 N–H and O–H groups in total. The van der Waals surface area contributed by atoms with Crippen molar-refractivity contribution < 1.29 is 4.74 Å². The van der Waals surface area contributed by atoms with Crippen molar-refractivity contribution in [2.75, 3.05) is 12.8 Å². The van der Waals surface area contributed by atoms with E-state index in [9.17, 15) is 0 Å². The average Bonchev–Trinajstić information content (AvgIpc) is 2.29. The summed E-state index contributed by atoms with van der Waals surface area (Å²) in [6, 6.07) is 7.33. The Kier molecular flexibility index (Phi) is 2.92. The van der Waals surface area contributed by atoms with Crippen LogP contribution in [0.5, 0.6) is 5.75 Å². The lowest BCUT2D eigenvalue weighted by Crippen LogP contribution is -1.99. The zero-order valence-electron chi connectivity index (χ0n) is 8.64. The van der Waals surface area contributed by atoms with Gasteiger partial charge in [-0.15, -0.1) is 0 Å². The maximum absolute atomic E-state index is 6.03. The Morgan fingerprint density at radius 2 is 2.06 bits per heavy atom. The van der Waals surface area contributed by atoms with Gasteiger partial charge in [-0.2, -0.15) is 0 Å². The maximum atomic E-state index is 6.03. The van der Waals surface area contributed by atoms with Crippen molar-refractivity contribution in [3.8, 4) is 17.1 Å². The normalized spacial score (nSPS) is 10.1. The molecule has 0 radical (unpaired) electrons. The summed E-state index contributed by atoms with van der Waals surface area (Å²) >= 11 is 6.03. The van der Waals surface area contributed by atoms with Crippen LogP contribution in [0.4, 0.5) is 5.82 Å². The van der Waals surface area contributed by atoms with Gasteiger partial charge in [0, 0.05) is 5.56 Å². The first-order valence-electron chi connectivity index (χ1n) is 4.64. The number of methoxy groups -OCH3 is 1. The molecule has 0 bridgehead atoms. The number of benzene rings is 1. The molecule has 0 aliphatic carbocycles. The number of nitrogens with two attached hydrogens (primary N) is 1. The molecule has 0 unspecified atom stereocenters. The van der Waals surface area contributed by atoms with Crippen molar-refractivity contribution in [2.24, 2.45) is 0 Å². The third kappa shape index (κ3) is 1.92. The van der Waals surface area contributed by atoms with E-state index in [1.165, 1.54) is 13.3 Å². The Labute approximate surface area is 98.0 Å². The molecule has 1 aromatic heterocycles. The molecule has 2 rings (SSSR count). The van der Waals surface area contributed by atoms with Crippen LogP contribution in [0.25, 0.3) is 11.4 Å². The molecule has 0 amide bonds. The SMILES string of the molecule is COc1cnc(-c2ccccc2Cl)nc1N. The van der Waals surface area contributed by atoms with E-state index < -0.39 is 0 Å². The molecular weight excluding hydrogens is 226 g/mol. The Morgan fingerprint density at radius 1 is 1.31 bits per heavy atom. The predicted octanol–water partition coefficient (Wildman–Crippen LogP) is 2.39. The predicted molar refractivity (Wildman–Crippen MR) is 63.4 cm³/mol. The van der Waals surface area contributed by atoms with Crippen LogP contribution in [-0.2, 0) is 0 Å². The highest BCUT2D eigenvalue weighted by Crippen LogP contribution is 2.27. The molecule has 16 heavy (non-hydrogen) atoms. The van der Waals surface area contributed by atoms with E-state index in [2.05, 4.69) is 9.97 Å². The van der Waals surface area contributed by atoms with Gasteiger partial charge in [-0.25, -0.2) is 9.97 Å². The van der Waals surface area contributed by atoms with E-state index >= 15 is 0 Å². The van der Waals surface area contributed by atoms with Gasteiger partial charge in [0.15, 0.2) is 17.4 Å². The second kappa shape index (κ2) is 4.37. The number of halogens is 1. The monoisotopic (exact) mass is 235 g/mol. The topological polar surface area (TPSA) is 61.0 Å². The minimum atomic E-state index is 0.299. The van der Waals surface area contributed by atoms with Gasteiger partial charge < -0.3 is 10.5 Å². The molecule has 1 aromatic carbocycles. The molecule has 0 spiro atoms. The summed E-state index contributed by atoms with van der Waals surface area (Å²) < 4.78 is 4.98. The third-order valence-corrected chi connectivity index (χ3v) is 2.45. The molecule has 0 aliphatic rings. The van der Waals surface area contributed by atoms with Gasteiger partial charge in [-0.3, -0.25) is 0 Å². The van der Waals surface area contributed by atoms with E-state index in [1.807, 2.05) is 18.2 Å². The lowest BCUT2D eigenvalue weighted by atomic mass is 10.2. The standard InChI is InChI=1S/C11H10ClN3O/c1-16-9-6-14-11(15-10(9)13)7-4-2-3-5-8(7)12/h2-6H,1H3,(H2,13,14,15). The molecule has 0 atom stereocenters. The first kappa shape index (κ1) is 10.7. The second-order valence-corrected chi connectivity index (χ2v) is 3.53. The van der Waals surface area contributed by atoms with Crippen LogP contribution in [0.3, 0.4) is 0 Å². The van der Waals surface area contributed by atoms with Gasteiger partial charge in [-0.1, -0.05) is 23.7 Å².